The minimum absolute atomic E-state index is 0. The number of aromatic nitrogens is 4. The van der Waals surface area contributed by atoms with Gasteiger partial charge in [-0.1, -0.05) is 0 Å². The standard InChI is InChI=1S/2C8H6N2O3S.2Na.2H2O/c2*1-3-2-14-7-4(3)6(11)9-5(10-7)8(12)13;;;;/h2*2H,1H3,(H,12,13)(H,9,10,11);;;2*1H2/q;;2*+1;;/p-2. The minimum atomic E-state index is -1.48. The van der Waals surface area contributed by atoms with Crippen LogP contribution in [-0.4, -0.2) is 42.8 Å². The molecule has 4 aromatic rings. The zero-order chi connectivity index (χ0) is 20.6. The molecular formula is C16H14N4Na2O8S2. The molecule has 4 aromatic heterocycles. The summed E-state index contributed by atoms with van der Waals surface area (Å²) in [6, 6.07) is 0. The first-order valence-corrected chi connectivity index (χ1v) is 9.34. The number of carboxylic acids is 2. The Hall–Kier alpha value is -1.46. The SMILES string of the molecule is Cc1csc2nc(C(=O)[O-])[nH]c(=O)c12.Cc1csc2nc(C(=O)[O-])[nH]c(=O)c12.O.O.[Na+].[Na+]. The molecule has 0 fully saturated rings. The molecule has 0 atom stereocenters. The van der Waals surface area contributed by atoms with Crippen molar-refractivity contribution in [3.05, 3.63) is 54.2 Å². The molecule has 0 amide bonds. The topological polar surface area (TPSA) is 235 Å². The number of fused-ring (bicyclic) bond motifs is 2. The van der Waals surface area contributed by atoms with E-state index in [1.807, 2.05) is 0 Å². The number of nitrogens with zero attached hydrogens (tertiary/aromatic N) is 2. The molecule has 6 N–H and O–H groups in total. The van der Waals surface area contributed by atoms with Crippen LogP contribution in [0.4, 0.5) is 0 Å². The van der Waals surface area contributed by atoms with Crippen LogP contribution in [0.1, 0.15) is 32.4 Å². The molecule has 0 unspecified atom stereocenters. The summed E-state index contributed by atoms with van der Waals surface area (Å²) in [5, 5.41) is 25.3. The normalized spacial score (nSPS) is 9.31. The maximum Gasteiger partial charge on any atom is 1.00 e. The van der Waals surface area contributed by atoms with E-state index in [0.29, 0.717) is 20.4 Å². The second kappa shape index (κ2) is 13.3. The summed E-state index contributed by atoms with van der Waals surface area (Å²) in [6.07, 6.45) is 0. The van der Waals surface area contributed by atoms with Gasteiger partial charge in [-0.05, 0) is 35.7 Å². The molecule has 0 aromatic carbocycles. The molecule has 4 heterocycles. The number of hydrogen-bond donors (Lipinski definition) is 2. The molecule has 0 bridgehead atoms. The smallest absolute Gasteiger partial charge is 0.542 e. The van der Waals surface area contributed by atoms with Crippen molar-refractivity contribution >= 4 is 55.0 Å². The van der Waals surface area contributed by atoms with Crippen molar-refractivity contribution in [2.75, 3.05) is 0 Å². The second-order valence-corrected chi connectivity index (χ2v) is 7.32. The molecular weight excluding hydrogens is 486 g/mol. The minimum Gasteiger partial charge on any atom is -0.542 e. The van der Waals surface area contributed by atoms with Crippen molar-refractivity contribution in [3.8, 4) is 0 Å². The van der Waals surface area contributed by atoms with Crippen LogP contribution in [0.25, 0.3) is 20.4 Å². The van der Waals surface area contributed by atoms with Gasteiger partial charge >= 0.3 is 59.1 Å². The van der Waals surface area contributed by atoms with Gasteiger partial charge in [0.05, 0.1) is 10.8 Å². The molecule has 0 aliphatic rings. The number of H-pyrrole nitrogens is 2. The first-order chi connectivity index (χ1) is 13.2. The van der Waals surface area contributed by atoms with Crippen LogP contribution >= 0.6 is 22.7 Å². The van der Waals surface area contributed by atoms with E-state index >= 15 is 0 Å². The number of aromatic amines is 2. The van der Waals surface area contributed by atoms with Crippen LogP contribution in [0, 0.1) is 13.8 Å². The molecule has 0 spiro atoms. The summed E-state index contributed by atoms with van der Waals surface area (Å²) in [5.74, 6) is -3.81. The van der Waals surface area contributed by atoms with Gasteiger partial charge in [0.2, 0.25) is 0 Å². The third kappa shape index (κ3) is 6.77. The fourth-order valence-corrected chi connectivity index (χ4v) is 4.21. The molecule has 0 saturated heterocycles. The van der Waals surface area contributed by atoms with Gasteiger partial charge in [-0.15, -0.1) is 22.7 Å². The summed E-state index contributed by atoms with van der Waals surface area (Å²) in [6.45, 7) is 3.54. The molecule has 16 heteroatoms. The Morgan fingerprint density at radius 2 is 1.09 bits per heavy atom. The molecule has 4 rings (SSSR count). The molecule has 0 saturated carbocycles. The van der Waals surface area contributed by atoms with Gasteiger partial charge in [-0.2, -0.15) is 0 Å². The first-order valence-electron chi connectivity index (χ1n) is 7.58. The number of carbonyl (C=O) groups is 2. The molecule has 0 radical (unpaired) electrons. The van der Waals surface area contributed by atoms with E-state index in [4.69, 9.17) is 0 Å². The monoisotopic (exact) mass is 500 g/mol. The third-order valence-corrected chi connectivity index (χ3v) is 5.62. The number of hydrogen-bond acceptors (Lipinski definition) is 10. The van der Waals surface area contributed by atoms with E-state index in [2.05, 4.69) is 19.9 Å². The Labute approximate surface area is 230 Å². The Morgan fingerprint density at radius 3 is 1.38 bits per heavy atom. The number of aryl methyl sites for hydroxylation is 2. The fraction of sp³-hybridized carbons (Fsp3) is 0.125. The van der Waals surface area contributed by atoms with Gasteiger partial charge in [-0.3, -0.25) is 9.59 Å². The zero-order valence-corrected chi connectivity index (χ0v) is 22.9. The van der Waals surface area contributed by atoms with Crippen LogP contribution in [0.2, 0.25) is 0 Å². The van der Waals surface area contributed by atoms with E-state index in [9.17, 15) is 29.4 Å². The molecule has 32 heavy (non-hydrogen) atoms. The maximum atomic E-state index is 11.4. The number of carbonyl (C=O) groups excluding carboxylic acids is 2. The number of rotatable bonds is 2. The molecule has 160 valence electrons. The number of aromatic carboxylic acids is 2. The second-order valence-electron chi connectivity index (χ2n) is 5.60. The number of carboxylic acid groups (broad SMARTS) is 2. The van der Waals surface area contributed by atoms with E-state index < -0.39 is 34.7 Å². The molecule has 0 aliphatic heterocycles. The van der Waals surface area contributed by atoms with Crippen molar-refractivity contribution in [2.45, 2.75) is 13.8 Å². The van der Waals surface area contributed by atoms with Gasteiger partial charge in [-0.25, -0.2) is 9.97 Å². The Balaban J connectivity index is 0. The van der Waals surface area contributed by atoms with Crippen molar-refractivity contribution in [1.82, 2.24) is 19.9 Å². The summed E-state index contributed by atoms with van der Waals surface area (Å²) in [4.78, 5) is 56.4. The Bertz CT molecular complexity index is 1260. The van der Waals surface area contributed by atoms with Crippen LogP contribution < -0.4 is 80.4 Å². The number of nitrogens with one attached hydrogen (secondary N) is 2. The predicted molar refractivity (Wildman–Crippen MR) is 106 cm³/mol. The largest absolute Gasteiger partial charge is 1.00 e. The van der Waals surface area contributed by atoms with E-state index in [-0.39, 0.29) is 70.1 Å². The third-order valence-electron chi connectivity index (χ3n) is 3.64. The van der Waals surface area contributed by atoms with Crippen LogP contribution in [-0.2, 0) is 0 Å². The van der Waals surface area contributed by atoms with E-state index in [1.54, 1.807) is 24.6 Å². The van der Waals surface area contributed by atoms with Gasteiger partial charge in [0, 0.05) is 0 Å². The van der Waals surface area contributed by atoms with E-state index in [1.165, 1.54) is 22.7 Å². The number of thiophene rings is 2. The predicted octanol–water partition coefficient (Wildman–Crippen LogP) is -8.33. The van der Waals surface area contributed by atoms with Gasteiger partial charge in [0.15, 0.2) is 11.6 Å². The van der Waals surface area contributed by atoms with Gasteiger partial charge < -0.3 is 40.7 Å². The fourth-order valence-electron chi connectivity index (χ4n) is 2.37. The zero-order valence-electron chi connectivity index (χ0n) is 17.3. The Kier molecular flexibility index (Phi) is 13.6. The van der Waals surface area contributed by atoms with Crippen LogP contribution in [0.15, 0.2) is 20.3 Å². The van der Waals surface area contributed by atoms with Crippen LogP contribution in [0.3, 0.4) is 0 Å². The maximum absolute atomic E-state index is 11.4. The summed E-state index contributed by atoms with van der Waals surface area (Å²) in [7, 11) is 0. The van der Waals surface area contributed by atoms with Crippen LogP contribution in [0.5, 0.6) is 0 Å². The van der Waals surface area contributed by atoms with Crippen molar-refractivity contribution < 1.29 is 89.9 Å². The van der Waals surface area contributed by atoms with Gasteiger partial charge in [0.25, 0.3) is 11.1 Å². The first kappa shape index (κ1) is 32.7. The average Bonchev–Trinajstić information content (AvgIpc) is 3.19. The van der Waals surface area contributed by atoms with Gasteiger partial charge in [0.1, 0.15) is 21.6 Å². The van der Waals surface area contributed by atoms with Crippen molar-refractivity contribution in [2.24, 2.45) is 0 Å². The quantitative estimate of drug-likeness (QED) is 0.250. The van der Waals surface area contributed by atoms with Crippen molar-refractivity contribution in [3.63, 3.8) is 0 Å². The summed E-state index contributed by atoms with van der Waals surface area (Å²) >= 11 is 2.47. The summed E-state index contributed by atoms with van der Waals surface area (Å²) < 4.78 is 0. The summed E-state index contributed by atoms with van der Waals surface area (Å²) in [5.41, 5.74) is 0.716. The molecule has 12 nitrogen and oxygen atoms in total. The van der Waals surface area contributed by atoms with Crippen molar-refractivity contribution in [1.29, 1.82) is 0 Å². The molecule has 0 aliphatic carbocycles. The van der Waals surface area contributed by atoms with E-state index in [0.717, 1.165) is 11.1 Å². The average molecular weight is 500 g/mol. The Morgan fingerprint density at radius 1 is 0.781 bits per heavy atom.